The van der Waals surface area contributed by atoms with Gasteiger partial charge in [0.2, 0.25) is 0 Å². The molecular weight excluding hydrogens is 282 g/mol. The van der Waals surface area contributed by atoms with Crippen LogP contribution in [0.2, 0.25) is 0 Å². The van der Waals surface area contributed by atoms with Gasteiger partial charge in [0, 0.05) is 19.6 Å². The fourth-order valence-corrected chi connectivity index (χ4v) is 2.20. The molecule has 0 unspecified atom stereocenters. The maximum atomic E-state index is 13.7. The Morgan fingerprint density at radius 1 is 1.29 bits per heavy atom. The van der Waals surface area contributed by atoms with E-state index in [-0.39, 0.29) is 5.69 Å². The predicted molar refractivity (Wildman–Crippen MR) is 73.7 cm³/mol. The van der Waals surface area contributed by atoms with Gasteiger partial charge < -0.3 is 15.2 Å². The first kappa shape index (κ1) is 15.7. The van der Waals surface area contributed by atoms with Crippen molar-refractivity contribution in [2.45, 2.75) is 6.42 Å². The van der Waals surface area contributed by atoms with Crippen LogP contribution in [0.25, 0.3) is 0 Å². The molecule has 2 rings (SSSR count). The van der Waals surface area contributed by atoms with Crippen molar-refractivity contribution in [1.29, 1.82) is 0 Å². The molecule has 0 radical (unpaired) electrons. The predicted octanol–water partition coefficient (Wildman–Crippen LogP) is 1.80. The Morgan fingerprint density at radius 3 is 2.67 bits per heavy atom. The number of morpholine rings is 1. The number of aromatic carboxylic acids is 1. The van der Waals surface area contributed by atoms with Gasteiger partial charge in [0.05, 0.1) is 24.5 Å². The fraction of sp³-hybridized carbons (Fsp3) is 0.500. The number of ether oxygens (including phenoxy) is 1. The fourth-order valence-electron chi connectivity index (χ4n) is 2.20. The quantitative estimate of drug-likeness (QED) is 0.784. The second-order valence-electron chi connectivity index (χ2n) is 4.83. The Hall–Kier alpha value is -1.73. The summed E-state index contributed by atoms with van der Waals surface area (Å²) in [5.74, 6) is -3.97. The number of rotatable bonds is 6. The van der Waals surface area contributed by atoms with Gasteiger partial charge in [0.1, 0.15) is 0 Å². The lowest BCUT2D eigenvalue weighted by atomic mass is 10.2. The van der Waals surface area contributed by atoms with E-state index in [9.17, 15) is 13.6 Å². The molecule has 1 fully saturated rings. The van der Waals surface area contributed by atoms with Crippen LogP contribution in [0.1, 0.15) is 16.8 Å². The molecule has 0 atom stereocenters. The number of hydrogen-bond donors (Lipinski definition) is 2. The maximum absolute atomic E-state index is 13.7. The Labute approximate surface area is 121 Å². The minimum absolute atomic E-state index is 0.0144. The highest BCUT2D eigenvalue weighted by atomic mass is 19.2. The van der Waals surface area contributed by atoms with E-state index in [1.54, 1.807) is 0 Å². The monoisotopic (exact) mass is 300 g/mol. The van der Waals surface area contributed by atoms with Gasteiger partial charge in [-0.05, 0) is 25.1 Å². The minimum Gasteiger partial charge on any atom is -0.478 e. The third-order valence-electron chi connectivity index (χ3n) is 3.38. The van der Waals surface area contributed by atoms with E-state index in [4.69, 9.17) is 9.84 Å². The molecule has 5 nitrogen and oxygen atoms in total. The van der Waals surface area contributed by atoms with Crippen LogP contribution in [0.15, 0.2) is 12.1 Å². The highest BCUT2D eigenvalue weighted by molar-refractivity contribution is 5.88. The molecule has 1 heterocycles. The molecule has 7 heteroatoms. The van der Waals surface area contributed by atoms with Crippen LogP contribution in [0.4, 0.5) is 14.5 Å². The summed E-state index contributed by atoms with van der Waals surface area (Å²) in [4.78, 5) is 12.9. The number of nitrogens with one attached hydrogen (secondary N) is 1. The van der Waals surface area contributed by atoms with Crippen molar-refractivity contribution < 1.29 is 23.4 Å². The van der Waals surface area contributed by atoms with Crippen molar-refractivity contribution in [2.24, 2.45) is 0 Å². The van der Waals surface area contributed by atoms with Crippen molar-refractivity contribution in [2.75, 3.05) is 44.7 Å². The largest absolute Gasteiger partial charge is 0.478 e. The number of anilines is 1. The summed E-state index contributed by atoms with van der Waals surface area (Å²) in [6, 6.07) is 2.31. The van der Waals surface area contributed by atoms with Gasteiger partial charge in [-0.25, -0.2) is 13.6 Å². The number of benzene rings is 1. The Balaban J connectivity index is 1.83. The van der Waals surface area contributed by atoms with Gasteiger partial charge in [0.15, 0.2) is 11.6 Å². The van der Waals surface area contributed by atoms with E-state index < -0.39 is 23.2 Å². The lowest BCUT2D eigenvalue weighted by Gasteiger charge is -2.26. The molecule has 116 valence electrons. The number of nitrogens with zero attached hydrogens (tertiary/aromatic N) is 1. The number of hydrogen-bond acceptors (Lipinski definition) is 4. The number of carboxylic acids is 1. The number of halogens is 2. The minimum atomic E-state index is -1.48. The molecule has 0 aliphatic carbocycles. The Morgan fingerprint density at radius 2 is 2.00 bits per heavy atom. The van der Waals surface area contributed by atoms with Crippen LogP contribution >= 0.6 is 0 Å². The van der Waals surface area contributed by atoms with Crippen molar-refractivity contribution in [3.05, 3.63) is 29.3 Å². The summed E-state index contributed by atoms with van der Waals surface area (Å²) >= 11 is 0. The molecule has 1 aliphatic rings. The van der Waals surface area contributed by atoms with Gasteiger partial charge in [0.25, 0.3) is 0 Å². The van der Waals surface area contributed by atoms with E-state index in [0.29, 0.717) is 6.54 Å². The normalized spacial score (nSPS) is 15.9. The third kappa shape index (κ3) is 4.12. The van der Waals surface area contributed by atoms with Crippen LogP contribution in [0.5, 0.6) is 0 Å². The van der Waals surface area contributed by atoms with Crippen molar-refractivity contribution in [3.8, 4) is 0 Å². The van der Waals surface area contributed by atoms with Gasteiger partial charge in [-0.15, -0.1) is 0 Å². The molecule has 0 saturated carbocycles. The summed E-state index contributed by atoms with van der Waals surface area (Å²) < 4.78 is 32.4. The average molecular weight is 300 g/mol. The van der Waals surface area contributed by atoms with Crippen LogP contribution in [0.3, 0.4) is 0 Å². The molecule has 1 aliphatic heterocycles. The zero-order chi connectivity index (χ0) is 15.2. The van der Waals surface area contributed by atoms with Gasteiger partial charge in [-0.2, -0.15) is 0 Å². The van der Waals surface area contributed by atoms with E-state index in [1.807, 2.05) is 0 Å². The Bertz CT molecular complexity index is 505. The lowest BCUT2D eigenvalue weighted by molar-refractivity contribution is 0.0378. The topological polar surface area (TPSA) is 61.8 Å². The van der Waals surface area contributed by atoms with Crippen molar-refractivity contribution in [1.82, 2.24) is 4.90 Å². The maximum Gasteiger partial charge on any atom is 0.338 e. The average Bonchev–Trinajstić information content (AvgIpc) is 2.48. The van der Waals surface area contributed by atoms with Crippen LogP contribution < -0.4 is 5.32 Å². The van der Waals surface area contributed by atoms with Crippen molar-refractivity contribution in [3.63, 3.8) is 0 Å². The molecule has 1 aromatic rings. The molecule has 0 spiro atoms. The van der Waals surface area contributed by atoms with E-state index in [0.717, 1.165) is 45.3 Å². The summed E-state index contributed by atoms with van der Waals surface area (Å²) in [6.07, 6.45) is 0.780. The molecular formula is C14H18F2N2O3. The zero-order valence-electron chi connectivity index (χ0n) is 11.6. The van der Waals surface area contributed by atoms with E-state index in [1.165, 1.54) is 6.07 Å². The second kappa shape index (κ2) is 7.33. The first-order valence-corrected chi connectivity index (χ1v) is 6.85. The van der Waals surface area contributed by atoms with Crippen LogP contribution in [-0.4, -0.2) is 55.4 Å². The van der Waals surface area contributed by atoms with Crippen LogP contribution in [-0.2, 0) is 4.74 Å². The third-order valence-corrected chi connectivity index (χ3v) is 3.38. The molecule has 1 aromatic carbocycles. The molecule has 0 bridgehead atoms. The van der Waals surface area contributed by atoms with Gasteiger partial charge in [-0.1, -0.05) is 0 Å². The van der Waals surface area contributed by atoms with Crippen molar-refractivity contribution >= 4 is 11.7 Å². The summed E-state index contributed by atoms with van der Waals surface area (Å²) in [5, 5.41) is 11.5. The van der Waals surface area contributed by atoms with Gasteiger partial charge in [-0.3, -0.25) is 4.90 Å². The molecule has 0 aromatic heterocycles. The highest BCUT2D eigenvalue weighted by Gasteiger charge is 2.17. The lowest BCUT2D eigenvalue weighted by Crippen LogP contribution is -2.37. The standard InChI is InChI=1S/C14H18F2N2O3/c15-12-10(14(19)20)2-3-11(13(12)16)17-4-1-5-18-6-8-21-9-7-18/h2-3,17H,1,4-9H2,(H,19,20). The molecule has 1 saturated heterocycles. The summed E-state index contributed by atoms with van der Waals surface area (Å²) in [5.41, 5.74) is -0.675. The molecule has 21 heavy (non-hydrogen) atoms. The number of carbonyl (C=O) groups is 1. The zero-order valence-corrected chi connectivity index (χ0v) is 11.6. The number of carboxylic acid groups (broad SMARTS) is 1. The first-order valence-electron chi connectivity index (χ1n) is 6.85. The summed E-state index contributed by atoms with van der Waals surface area (Å²) in [6.45, 7) is 4.56. The smallest absolute Gasteiger partial charge is 0.338 e. The molecule has 2 N–H and O–H groups in total. The van der Waals surface area contributed by atoms with E-state index in [2.05, 4.69) is 10.2 Å². The highest BCUT2D eigenvalue weighted by Crippen LogP contribution is 2.20. The van der Waals surface area contributed by atoms with Crippen LogP contribution in [0, 0.1) is 11.6 Å². The Kier molecular flexibility index (Phi) is 5.46. The molecule has 0 amide bonds. The van der Waals surface area contributed by atoms with Gasteiger partial charge >= 0.3 is 5.97 Å². The summed E-state index contributed by atoms with van der Waals surface area (Å²) in [7, 11) is 0. The SMILES string of the molecule is O=C(O)c1ccc(NCCCN2CCOCC2)c(F)c1F. The first-order chi connectivity index (χ1) is 10.1. The van der Waals surface area contributed by atoms with E-state index >= 15 is 0 Å². The second-order valence-corrected chi connectivity index (χ2v) is 4.83.